The van der Waals surface area contributed by atoms with Crippen LogP contribution in [0.1, 0.15) is 17.4 Å². The van der Waals surface area contributed by atoms with E-state index in [0.29, 0.717) is 17.0 Å². The summed E-state index contributed by atoms with van der Waals surface area (Å²) >= 11 is 0. The van der Waals surface area contributed by atoms with Crippen LogP contribution in [0, 0.1) is 6.92 Å². The predicted molar refractivity (Wildman–Crippen MR) is 62.2 cm³/mol. The van der Waals surface area contributed by atoms with Gasteiger partial charge in [-0.1, -0.05) is 11.6 Å². The molecule has 0 bridgehead atoms. The first kappa shape index (κ1) is 10.0. The van der Waals surface area contributed by atoms with Gasteiger partial charge in [-0.25, -0.2) is 9.97 Å². The van der Waals surface area contributed by atoms with E-state index < -0.39 is 6.29 Å². The van der Waals surface area contributed by atoms with Crippen molar-refractivity contribution in [1.82, 2.24) is 9.97 Å². The molecule has 2 aromatic rings. The van der Waals surface area contributed by atoms with E-state index in [1.807, 2.05) is 25.1 Å². The fraction of sp³-hybridized carbons (Fsp3) is 0.167. The summed E-state index contributed by atoms with van der Waals surface area (Å²) in [6.07, 6.45) is 0.453. The number of aliphatic hydroxyl groups is 1. The monoisotopic (exact) mass is 229 g/mol. The second-order valence-corrected chi connectivity index (χ2v) is 4.00. The number of ether oxygens (including phenoxy) is 1. The molecule has 1 aromatic carbocycles. The van der Waals surface area contributed by atoms with E-state index in [2.05, 4.69) is 9.97 Å². The molecule has 0 saturated heterocycles. The highest BCUT2D eigenvalue weighted by Crippen LogP contribution is 2.40. The van der Waals surface area contributed by atoms with Gasteiger partial charge in [0, 0.05) is 11.8 Å². The molecular formula is C12H11N3O2. The zero-order valence-electron chi connectivity index (χ0n) is 9.21. The molecule has 2 heterocycles. The van der Waals surface area contributed by atoms with E-state index in [1.54, 1.807) is 0 Å². The third kappa shape index (κ3) is 1.52. The Hall–Kier alpha value is -2.14. The maximum atomic E-state index is 9.83. The van der Waals surface area contributed by atoms with Crippen LogP contribution >= 0.6 is 0 Å². The highest BCUT2D eigenvalue weighted by atomic mass is 16.6. The third-order valence-corrected chi connectivity index (χ3v) is 2.73. The second-order valence-electron chi connectivity index (χ2n) is 4.00. The van der Waals surface area contributed by atoms with Gasteiger partial charge in [0.15, 0.2) is 0 Å². The minimum atomic E-state index is -1.04. The molecule has 0 amide bonds. The predicted octanol–water partition coefficient (Wildman–Crippen LogP) is 1.42. The van der Waals surface area contributed by atoms with E-state index in [9.17, 15) is 5.11 Å². The lowest BCUT2D eigenvalue weighted by Crippen LogP contribution is -2.15. The number of anilines is 1. The van der Waals surface area contributed by atoms with Gasteiger partial charge < -0.3 is 15.6 Å². The molecule has 0 spiro atoms. The van der Waals surface area contributed by atoms with Crippen molar-refractivity contribution in [3.8, 4) is 17.0 Å². The minimum Gasteiger partial charge on any atom is -0.460 e. The average Bonchev–Trinajstić information content (AvgIpc) is 2.30. The number of aliphatic hydroxyl groups excluding tert-OH is 1. The largest absolute Gasteiger partial charge is 0.460 e. The second kappa shape index (κ2) is 3.43. The van der Waals surface area contributed by atoms with E-state index in [-0.39, 0.29) is 5.95 Å². The number of nitrogen functional groups attached to an aromatic ring is 1. The molecule has 1 unspecified atom stereocenters. The number of nitrogens with zero attached hydrogens (tertiary/aromatic N) is 2. The lowest BCUT2D eigenvalue weighted by atomic mass is 10.0. The molecule has 1 aliphatic heterocycles. The molecule has 1 aromatic heterocycles. The fourth-order valence-corrected chi connectivity index (χ4v) is 1.92. The molecule has 3 N–H and O–H groups in total. The van der Waals surface area contributed by atoms with Crippen LogP contribution in [0.3, 0.4) is 0 Å². The summed E-state index contributed by atoms with van der Waals surface area (Å²) in [7, 11) is 0. The van der Waals surface area contributed by atoms with E-state index >= 15 is 0 Å². The van der Waals surface area contributed by atoms with Crippen molar-refractivity contribution < 1.29 is 9.84 Å². The van der Waals surface area contributed by atoms with Crippen LogP contribution in [0.4, 0.5) is 5.95 Å². The van der Waals surface area contributed by atoms with E-state index in [1.165, 1.54) is 6.20 Å². The number of rotatable bonds is 0. The number of aryl methyl sites for hydroxylation is 1. The minimum absolute atomic E-state index is 0.185. The summed E-state index contributed by atoms with van der Waals surface area (Å²) in [5.74, 6) is 0.791. The van der Waals surface area contributed by atoms with Crippen LogP contribution in [-0.2, 0) is 0 Å². The Labute approximate surface area is 97.9 Å². The summed E-state index contributed by atoms with van der Waals surface area (Å²) in [6, 6.07) is 5.68. The molecule has 0 saturated carbocycles. The van der Waals surface area contributed by atoms with Crippen LogP contribution in [0.2, 0.25) is 0 Å². The number of fused-ring (bicyclic) bond motifs is 3. The van der Waals surface area contributed by atoms with Crippen LogP contribution in [0.25, 0.3) is 11.3 Å². The fourth-order valence-electron chi connectivity index (χ4n) is 1.92. The van der Waals surface area contributed by atoms with Crippen molar-refractivity contribution >= 4 is 5.95 Å². The zero-order valence-corrected chi connectivity index (χ0v) is 9.21. The summed E-state index contributed by atoms with van der Waals surface area (Å²) in [5, 5.41) is 9.83. The van der Waals surface area contributed by atoms with Crippen molar-refractivity contribution in [1.29, 1.82) is 0 Å². The average molecular weight is 229 g/mol. The standard InChI is InChI=1S/C12H11N3O2/c1-6-2-3-9-7(4-6)10-8(11(16)17-9)5-14-12(13)15-10/h2-5,11,16H,1H3,(H2,13,14,15). The molecule has 5 nitrogen and oxygen atoms in total. The molecule has 1 atom stereocenters. The van der Waals surface area contributed by atoms with Crippen molar-refractivity contribution in [2.24, 2.45) is 0 Å². The molecule has 86 valence electrons. The van der Waals surface area contributed by atoms with Gasteiger partial charge >= 0.3 is 0 Å². The topological polar surface area (TPSA) is 81.3 Å². The van der Waals surface area contributed by atoms with Crippen molar-refractivity contribution in [3.63, 3.8) is 0 Å². The number of hydrogen-bond donors (Lipinski definition) is 2. The SMILES string of the molecule is Cc1ccc2c(c1)-c1nc(N)ncc1C(O)O2. The van der Waals surface area contributed by atoms with Crippen molar-refractivity contribution in [2.45, 2.75) is 13.2 Å². The van der Waals surface area contributed by atoms with Gasteiger partial charge in [0.2, 0.25) is 12.2 Å². The molecule has 17 heavy (non-hydrogen) atoms. The molecule has 0 aliphatic carbocycles. The Balaban J connectivity index is 2.30. The smallest absolute Gasteiger partial charge is 0.227 e. The summed E-state index contributed by atoms with van der Waals surface area (Å²) < 4.78 is 5.39. The molecule has 0 radical (unpaired) electrons. The molecule has 0 fully saturated rings. The van der Waals surface area contributed by atoms with E-state index in [0.717, 1.165) is 11.1 Å². The number of benzene rings is 1. The maximum Gasteiger partial charge on any atom is 0.227 e. The van der Waals surface area contributed by atoms with Gasteiger partial charge in [-0.15, -0.1) is 0 Å². The highest BCUT2D eigenvalue weighted by molar-refractivity contribution is 5.73. The summed E-state index contributed by atoms with van der Waals surface area (Å²) in [6.45, 7) is 1.98. The highest BCUT2D eigenvalue weighted by Gasteiger charge is 2.26. The van der Waals surface area contributed by atoms with Crippen LogP contribution in [0.15, 0.2) is 24.4 Å². The molecule has 5 heteroatoms. The number of aromatic nitrogens is 2. The number of nitrogens with two attached hydrogens (primary N) is 1. The van der Waals surface area contributed by atoms with Crippen molar-refractivity contribution in [3.05, 3.63) is 35.5 Å². The van der Waals surface area contributed by atoms with Gasteiger partial charge in [-0.2, -0.15) is 0 Å². The van der Waals surface area contributed by atoms with Gasteiger partial charge in [0.1, 0.15) is 5.75 Å². The Morgan fingerprint density at radius 3 is 3.06 bits per heavy atom. The van der Waals surface area contributed by atoms with Crippen LogP contribution < -0.4 is 10.5 Å². The van der Waals surface area contributed by atoms with Crippen LogP contribution in [0.5, 0.6) is 5.75 Å². The lowest BCUT2D eigenvalue weighted by molar-refractivity contribution is -0.0218. The zero-order chi connectivity index (χ0) is 12.0. The maximum absolute atomic E-state index is 9.83. The van der Waals surface area contributed by atoms with Crippen molar-refractivity contribution in [2.75, 3.05) is 5.73 Å². The summed E-state index contributed by atoms with van der Waals surface area (Å²) in [5.41, 5.74) is 8.67. The Morgan fingerprint density at radius 2 is 2.24 bits per heavy atom. The third-order valence-electron chi connectivity index (χ3n) is 2.73. The Kier molecular flexibility index (Phi) is 2.02. The molecule has 3 rings (SSSR count). The first-order valence-corrected chi connectivity index (χ1v) is 5.23. The van der Waals surface area contributed by atoms with Crippen LogP contribution in [-0.4, -0.2) is 15.1 Å². The summed E-state index contributed by atoms with van der Waals surface area (Å²) in [4.78, 5) is 8.04. The quantitative estimate of drug-likeness (QED) is 0.714. The van der Waals surface area contributed by atoms with E-state index in [4.69, 9.17) is 10.5 Å². The van der Waals surface area contributed by atoms with Gasteiger partial charge in [0.25, 0.3) is 0 Å². The first-order chi connectivity index (χ1) is 8.15. The van der Waals surface area contributed by atoms with Gasteiger partial charge in [-0.3, -0.25) is 0 Å². The normalized spacial score (nSPS) is 16.9. The van der Waals surface area contributed by atoms with Gasteiger partial charge in [-0.05, 0) is 19.1 Å². The molecular weight excluding hydrogens is 218 g/mol. The molecule has 1 aliphatic rings. The Morgan fingerprint density at radius 1 is 1.41 bits per heavy atom. The number of hydrogen-bond acceptors (Lipinski definition) is 5. The Bertz CT molecular complexity index is 598. The first-order valence-electron chi connectivity index (χ1n) is 5.23. The lowest BCUT2D eigenvalue weighted by Gasteiger charge is -2.24. The van der Waals surface area contributed by atoms with Gasteiger partial charge in [0.05, 0.1) is 11.3 Å².